The fourth-order valence-corrected chi connectivity index (χ4v) is 1.18. The summed E-state index contributed by atoms with van der Waals surface area (Å²) in [6.45, 7) is 0. The molecule has 0 aromatic rings. The summed E-state index contributed by atoms with van der Waals surface area (Å²) in [5.41, 5.74) is 0. The molecule has 0 aliphatic carbocycles. The van der Waals surface area contributed by atoms with Gasteiger partial charge >= 0.3 is 61.3 Å². The topological polar surface area (TPSA) is 109 Å². The molecule has 0 radical (unpaired) electrons. The Hall–Kier alpha value is 0.0100. The normalized spacial score (nSPS) is 10.6. The monoisotopic (exact) mass is 298 g/mol. The molecule has 64 valence electrons. The molecule has 0 heterocycles. The van der Waals surface area contributed by atoms with Crippen molar-refractivity contribution < 1.29 is 25.9 Å². The molecule has 6 nitrogen and oxygen atoms in total. The molecule has 0 aromatic heterocycles. The molecule has 0 amide bonds. The van der Waals surface area contributed by atoms with Crippen LogP contribution in [0.5, 0.6) is 0 Å². The predicted molar refractivity (Wildman–Crippen MR) is 45.9 cm³/mol. The van der Waals surface area contributed by atoms with E-state index in [9.17, 15) is 15.7 Å². The minimum absolute atomic E-state index is 0. The summed E-state index contributed by atoms with van der Waals surface area (Å²) in [7, 11) is 0. The molecule has 0 atom stereocenters. The first kappa shape index (κ1) is 14.5. The van der Waals surface area contributed by atoms with Crippen molar-refractivity contribution in [2.24, 2.45) is 0 Å². The van der Waals surface area contributed by atoms with E-state index in [1.165, 1.54) is 0 Å². The van der Waals surface area contributed by atoms with Crippen molar-refractivity contribution in [3.63, 3.8) is 0 Å². The summed E-state index contributed by atoms with van der Waals surface area (Å²) in [6.07, 6.45) is 0.160. The Kier molecular flexibility index (Phi) is 7.89. The van der Waals surface area contributed by atoms with Gasteiger partial charge in [0.1, 0.15) is 0 Å². The number of carboxylic acids is 2. The van der Waals surface area contributed by atoms with E-state index in [-0.39, 0.29) is 35.6 Å². The van der Waals surface area contributed by atoms with E-state index in [1.807, 2.05) is 0 Å². The molecule has 0 saturated heterocycles. The van der Waals surface area contributed by atoms with Crippen molar-refractivity contribution in [3.8, 4) is 0 Å². The molecule has 0 spiro atoms. The zero-order valence-corrected chi connectivity index (χ0v) is 7.14. The van der Waals surface area contributed by atoms with Gasteiger partial charge in [0.05, 0.1) is 0 Å². The number of carbonyl (C=O) groups is 2. The van der Waals surface area contributed by atoms with Crippen molar-refractivity contribution in [3.05, 3.63) is 9.66 Å². The first-order valence-electron chi connectivity index (χ1n) is 2.18. The Morgan fingerprint density at radius 2 is 1.58 bits per heavy atom. The van der Waals surface area contributed by atoms with Crippen LogP contribution in [0.15, 0.2) is 9.66 Å². The summed E-state index contributed by atoms with van der Waals surface area (Å²) < 4.78 is 19.1. The Morgan fingerprint density at radius 3 is 1.67 bits per heavy atom. The molecular formula is C4H4INaO6. The van der Waals surface area contributed by atoms with Crippen LogP contribution in [0.3, 0.4) is 0 Å². The van der Waals surface area contributed by atoms with Gasteiger partial charge in [-0.15, -0.1) is 0 Å². The van der Waals surface area contributed by atoms with Crippen LogP contribution < -0.4 is 0 Å². The summed E-state index contributed by atoms with van der Waals surface area (Å²) in [5, 5.41) is 16.1. The zero-order chi connectivity index (χ0) is 9.02. The van der Waals surface area contributed by atoms with Gasteiger partial charge in [-0.3, -0.25) is 0 Å². The standard InChI is InChI=1S/C4H3IO6.Na.H/c6-3(7)1-2(4(8)9)5(10)11;;/h1H,(H,6,7)(H,8,9);;/b2-1-;;. The van der Waals surface area contributed by atoms with Gasteiger partial charge in [0.2, 0.25) is 0 Å². The van der Waals surface area contributed by atoms with E-state index in [0.717, 1.165) is 0 Å². The second kappa shape index (κ2) is 6.52. The Bertz CT molecular complexity index is 282. The third kappa shape index (κ3) is 5.63. The SMILES string of the molecule is O=C(O)/C=C(/C(=O)O)I(=O)=O.[NaH]. The summed E-state index contributed by atoms with van der Waals surface area (Å²) >= 11 is -4.18. The van der Waals surface area contributed by atoms with Crippen LogP contribution in [0.2, 0.25) is 0 Å². The van der Waals surface area contributed by atoms with Crippen LogP contribution in [0.4, 0.5) is 0 Å². The fraction of sp³-hybridized carbons (Fsp3) is 0. The van der Waals surface area contributed by atoms with Gasteiger partial charge in [0.15, 0.2) is 3.58 Å². The molecule has 0 aliphatic heterocycles. The van der Waals surface area contributed by atoms with E-state index in [1.54, 1.807) is 0 Å². The molecule has 0 bridgehead atoms. The first-order chi connectivity index (χ1) is 4.95. The number of hydrogen-bond donors (Lipinski definition) is 2. The van der Waals surface area contributed by atoms with Crippen LogP contribution in [-0.2, 0) is 15.7 Å². The third-order valence-electron chi connectivity index (χ3n) is 0.621. The fourth-order valence-electron chi connectivity index (χ4n) is 0.281. The molecule has 0 saturated carbocycles. The second-order valence-electron chi connectivity index (χ2n) is 1.35. The number of halogens is 1. The molecule has 12 heavy (non-hydrogen) atoms. The molecule has 0 unspecified atom stereocenters. The summed E-state index contributed by atoms with van der Waals surface area (Å²) in [4.78, 5) is 19.8. The van der Waals surface area contributed by atoms with E-state index < -0.39 is 35.3 Å². The van der Waals surface area contributed by atoms with Gasteiger partial charge in [0, 0.05) is 6.08 Å². The maximum atomic E-state index is 10.1. The molecule has 8 heteroatoms. The van der Waals surface area contributed by atoms with Crippen LogP contribution in [0, 0.1) is 0 Å². The van der Waals surface area contributed by atoms with Crippen LogP contribution in [0.25, 0.3) is 0 Å². The Balaban J connectivity index is 0. The summed E-state index contributed by atoms with van der Waals surface area (Å²) in [6, 6.07) is 0. The van der Waals surface area contributed by atoms with E-state index in [4.69, 9.17) is 10.2 Å². The van der Waals surface area contributed by atoms with Crippen LogP contribution in [-0.4, -0.2) is 51.7 Å². The van der Waals surface area contributed by atoms with Crippen LogP contribution >= 0.6 is 19.8 Å². The molecule has 0 aliphatic rings. The molecule has 0 aromatic carbocycles. The number of hydrogen-bond acceptors (Lipinski definition) is 4. The van der Waals surface area contributed by atoms with Crippen molar-refractivity contribution in [2.45, 2.75) is 0 Å². The molecule has 2 N–H and O–H groups in total. The van der Waals surface area contributed by atoms with Crippen LogP contribution in [0.1, 0.15) is 0 Å². The van der Waals surface area contributed by atoms with E-state index in [0.29, 0.717) is 0 Å². The van der Waals surface area contributed by atoms with Crippen molar-refractivity contribution >= 4 is 61.3 Å². The number of aliphatic carboxylic acids is 2. The molecule has 0 fully saturated rings. The van der Waals surface area contributed by atoms with Gasteiger partial charge in [0.25, 0.3) is 0 Å². The zero-order valence-electron chi connectivity index (χ0n) is 4.98. The quantitative estimate of drug-likeness (QED) is 0.416. The van der Waals surface area contributed by atoms with Gasteiger partial charge in [-0.1, -0.05) is 0 Å². The van der Waals surface area contributed by atoms with E-state index in [2.05, 4.69) is 0 Å². The average molecular weight is 298 g/mol. The van der Waals surface area contributed by atoms with Crippen molar-refractivity contribution in [1.82, 2.24) is 0 Å². The van der Waals surface area contributed by atoms with Gasteiger partial charge in [-0.2, -0.15) is 0 Å². The predicted octanol–water partition coefficient (Wildman–Crippen LogP) is -0.412. The van der Waals surface area contributed by atoms with Crippen molar-refractivity contribution in [2.75, 3.05) is 0 Å². The number of rotatable bonds is 3. The van der Waals surface area contributed by atoms with Gasteiger partial charge in [-0.25, -0.2) is 15.7 Å². The van der Waals surface area contributed by atoms with E-state index >= 15 is 0 Å². The number of carboxylic acid groups (broad SMARTS) is 2. The molecule has 0 rings (SSSR count). The average Bonchev–Trinajstić information content (AvgIpc) is 1.81. The Labute approximate surface area is 96.1 Å². The minimum atomic E-state index is -4.18. The first-order valence-corrected chi connectivity index (χ1v) is 5.02. The summed E-state index contributed by atoms with van der Waals surface area (Å²) in [5.74, 6) is -3.32. The molecular weight excluding hydrogens is 294 g/mol. The Morgan fingerprint density at radius 1 is 1.17 bits per heavy atom. The van der Waals surface area contributed by atoms with Crippen molar-refractivity contribution in [1.29, 1.82) is 0 Å². The van der Waals surface area contributed by atoms with Gasteiger partial charge < -0.3 is 10.2 Å². The third-order valence-corrected chi connectivity index (χ3v) is 2.34. The maximum absolute atomic E-state index is 10.1. The van der Waals surface area contributed by atoms with Gasteiger partial charge in [-0.05, 0) is 0 Å². The second-order valence-corrected chi connectivity index (χ2v) is 3.76.